The van der Waals surface area contributed by atoms with Crippen molar-refractivity contribution in [1.82, 2.24) is 10.2 Å². The first-order valence-electron chi connectivity index (χ1n) is 9.29. The highest BCUT2D eigenvalue weighted by Crippen LogP contribution is 2.25. The molecule has 0 unspecified atom stereocenters. The minimum atomic E-state index is -0.424. The molecule has 0 bridgehead atoms. The molecule has 0 fully saturated rings. The molecule has 0 aliphatic rings. The number of ether oxygens (including phenoxy) is 1. The Kier molecular flexibility index (Phi) is 5.24. The molecule has 0 atom stereocenters. The highest BCUT2D eigenvalue weighted by Gasteiger charge is 2.17. The van der Waals surface area contributed by atoms with Crippen molar-refractivity contribution in [3.63, 3.8) is 0 Å². The van der Waals surface area contributed by atoms with E-state index in [2.05, 4.69) is 10.2 Å². The summed E-state index contributed by atoms with van der Waals surface area (Å²) in [6.07, 6.45) is 0.649. The van der Waals surface area contributed by atoms with Gasteiger partial charge in [-0.15, -0.1) is 10.2 Å². The number of carbonyl (C=O) groups excluding carboxylic acids is 1. The molecule has 146 valence electrons. The van der Waals surface area contributed by atoms with Crippen LogP contribution in [0.5, 0.6) is 0 Å². The largest absolute Gasteiger partial charge is 0.466 e. The Balaban J connectivity index is 1.45. The van der Waals surface area contributed by atoms with Crippen LogP contribution in [0.4, 0.5) is 0 Å². The lowest BCUT2D eigenvalue weighted by Crippen LogP contribution is -2.09. The fourth-order valence-corrected chi connectivity index (χ4v) is 3.16. The van der Waals surface area contributed by atoms with Crippen LogP contribution < -0.4 is 0 Å². The molecule has 0 saturated carbocycles. The Morgan fingerprint density at radius 3 is 2.48 bits per heavy atom. The zero-order chi connectivity index (χ0) is 20.2. The summed E-state index contributed by atoms with van der Waals surface area (Å²) in [6.45, 7) is 3.58. The van der Waals surface area contributed by atoms with E-state index in [1.807, 2.05) is 68.4 Å². The van der Waals surface area contributed by atoms with Gasteiger partial charge in [0.2, 0.25) is 0 Å². The van der Waals surface area contributed by atoms with E-state index in [0.29, 0.717) is 23.6 Å². The SMILES string of the molecule is Cc1cc(-c2nnc(COC(=O)c3ccccc3Cc3ccccc3)o2)c(C)o1. The van der Waals surface area contributed by atoms with Crippen molar-refractivity contribution in [2.75, 3.05) is 0 Å². The number of aromatic nitrogens is 2. The molecular weight excluding hydrogens is 368 g/mol. The predicted molar refractivity (Wildman–Crippen MR) is 106 cm³/mol. The van der Waals surface area contributed by atoms with E-state index in [4.69, 9.17) is 13.6 Å². The van der Waals surface area contributed by atoms with Crippen LogP contribution in [0.3, 0.4) is 0 Å². The van der Waals surface area contributed by atoms with E-state index < -0.39 is 5.97 Å². The number of aryl methyl sites for hydroxylation is 2. The molecular formula is C23H20N2O4. The average Bonchev–Trinajstić information content (AvgIpc) is 3.33. The van der Waals surface area contributed by atoms with Crippen molar-refractivity contribution < 1.29 is 18.4 Å². The Bertz CT molecular complexity index is 1130. The third-order valence-electron chi connectivity index (χ3n) is 4.54. The van der Waals surface area contributed by atoms with Gasteiger partial charge in [-0.25, -0.2) is 4.79 Å². The Hall–Kier alpha value is -3.67. The van der Waals surface area contributed by atoms with Gasteiger partial charge in [0, 0.05) is 0 Å². The van der Waals surface area contributed by atoms with Gasteiger partial charge in [-0.1, -0.05) is 48.5 Å². The Morgan fingerprint density at radius 1 is 0.966 bits per heavy atom. The van der Waals surface area contributed by atoms with Gasteiger partial charge in [0.1, 0.15) is 11.5 Å². The van der Waals surface area contributed by atoms with Gasteiger partial charge in [-0.3, -0.25) is 0 Å². The average molecular weight is 388 g/mol. The molecule has 0 aliphatic carbocycles. The number of esters is 1. The van der Waals surface area contributed by atoms with Crippen LogP contribution in [-0.4, -0.2) is 16.2 Å². The second kappa shape index (κ2) is 8.14. The van der Waals surface area contributed by atoms with Crippen LogP contribution in [-0.2, 0) is 17.8 Å². The maximum Gasteiger partial charge on any atom is 0.338 e. The second-order valence-electron chi connectivity index (χ2n) is 6.72. The van der Waals surface area contributed by atoms with Gasteiger partial charge < -0.3 is 13.6 Å². The standard InChI is InChI=1S/C23H20N2O4/c1-15-12-20(16(2)28-15)22-25-24-21(29-22)14-27-23(26)19-11-7-6-10-18(19)13-17-8-4-3-5-9-17/h3-12H,13-14H2,1-2H3. The maximum absolute atomic E-state index is 12.6. The molecule has 4 rings (SSSR count). The molecule has 0 amide bonds. The molecule has 2 aromatic carbocycles. The van der Waals surface area contributed by atoms with Crippen molar-refractivity contribution in [2.24, 2.45) is 0 Å². The maximum atomic E-state index is 12.6. The van der Waals surface area contributed by atoms with Gasteiger partial charge in [0.15, 0.2) is 6.61 Å². The molecule has 6 nitrogen and oxygen atoms in total. The fraction of sp³-hybridized carbons (Fsp3) is 0.174. The summed E-state index contributed by atoms with van der Waals surface area (Å²) in [6, 6.07) is 19.2. The molecule has 0 spiro atoms. The number of furan rings is 1. The van der Waals surface area contributed by atoms with Crippen molar-refractivity contribution >= 4 is 5.97 Å². The topological polar surface area (TPSA) is 78.4 Å². The first kappa shape index (κ1) is 18.7. The van der Waals surface area contributed by atoms with E-state index in [0.717, 1.165) is 22.5 Å². The lowest BCUT2D eigenvalue weighted by atomic mass is 10.00. The molecule has 0 N–H and O–H groups in total. The summed E-state index contributed by atoms with van der Waals surface area (Å²) in [4.78, 5) is 12.6. The van der Waals surface area contributed by atoms with E-state index >= 15 is 0 Å². The molecule has 0 radical (unpaired) electrons. The fourth-order valence-electron chi connectivity index (χ4n) is 3.16. The lowest BCUT2D eigenvalue weighted by molar-refractivity contribution is 0.0437. The minimum absolute atomic E-state index is 0.0958. The molecule has 6 heteroatoms. The van der Waals surface area contributed by atoms with E-state index in [9.17, 15) is 4.79 Å². The molecule has 2 aromatic heterocycles. The van der Waals surface area contributed by atoms with Crippen LogP contribution in [0.15, 0.2) is 69.5 Å². The van der Waals surface area contributed by atoms with Crippen molar-refractivity contribution in [2.45, 2.75) is 26.9 Å². The number of hydrogen-bond acceptors (Lipinski definition) is 6. The van der Waals surface area contributed by atoms with Gasteiger partial charge in [0.25, 0.3) is 11.8 Å². The number of rotatable bonds is 6. The van der Waals surface area contributed by atoms with Crippen molar-refractivity contribution in [1.29, 1.82) is 0 Å². The number of carbonyl (C=O) groups is 1. The molecule has 29 heavy (non-hydrogen) atoms. The van der Waals surface area contributed by atoms with Gasteiger partial charge in [-0.2, -0.15) is 0 Å². The highest BCUT2D eigenvalue weighted by atomic mass is 16.5. The van der Waals surface area contributed by atoms with Crippen LogP contribution in [0.2, 0.25) is 0 Å². The normalized spacial score (nSPS) is 10.8. The summed E-state index contributed by atoms with van der Waals surface area (Å²) < 4.78 is 16.5. The second-order valence-corrected chi connectivity index (χ2v) is 6.72. The van der Waals surface area contributed by atoms with E-state index in [1.165, 1.54) is 0 Å². The van der Waals surface area contributed by atoms with Crippen LogP contribution in [0.25, 0.3) is 11.5 Å². The highest BCUT2D eigenvalue weighted by molar-refractivity contribution is 5.91. The quantitative estimate of drug-likeness (QED) is 0.438. The van der Waals surface area contributed by atoms with Crippen LogP contribution in [0.1, 0.15) is 38.9 Å². The third-order valence-corrected chi connectivity index (χ3v) is 4.54. The van der Waals surface area contributed by atoms with Crippen molar-refractivity contribution in [3.05, 3.63) is 94.8 Å². The minimum Gasteiger partial charge on any atom is -0.466 e. The van der Waals surface area contributed by atoms with Crippen LogP contribution in [0, 0.1) is 13.8 Å². The van der Waals surface area contributed by atoms with Gasteiger partial charge in [0.05, 0.1) is 11.1 Å². The first-order chi connectivity index (χ1) is 14.1. The lowest BCUT2D eigenvalue weighted by Gasteiger charge is -2.09. The number of benzene rings is 2. The first-order valence-corrected chi connectivity index (χ1v) is 9.29. The van der Waals surface area contributed by atoms with Crippen molar-refractivity contribution in [3.8, 4) is 11.5 Å². The van der Waals surface area contributed by atoms with E-state index in [-0.39, 0.29) is 12.5 Å². The number of nitrogens with zero attached hydrogens (tertiary/aromatic N) is 2. The smallest absolute Gasteiger partial charge is 0.338 e. The third kappa shape index (κ3) is 4.27. The predicted octanol–water partition coefficient (Wildman–Crippen LogP) is 4.89. The summed E-state index contributed by atoms with van der Waals surface area (Å²) >= 11 is 0. The van der Waals surface area contributed by atoms with E-state index in [1.54, 1.807) is 6.07 Å². The summed E-state index contributed by atoms with van der Waals surface area (Å²) in [5.41, 5.74) is 3.29. The molecule has 2 heterocycles. The zero-order valence-corrected chi connectivity index (χ0v) is 16.2. The summed E-state index contributed by atoms with van der Waals surface area (Å²) in [5.74, 6) is 1.61. The zero-order valence-electron chi connectivity index (χ0n) is 16.2. The molecule has 0 saturated heterocycles. The Morgan fingerprint density at radius 2 is 1.72 bits per heavy atom. The molecule has 4 aromatic rings. The number of hydrogen-bond donors (Lipinski definition) is 0. The Labute approximate surface area is 168 Å². The molecule has 0 aliphatic heterocycles. The summed E-state index contributed by atoms with van der Waals surface area (Å²) in [5, 5.41) is 7.98. The monoisotopic (exact) mass is 388 g/mol. The van der Waals surface area contributed by atoms with Gasteiger partial charge in [-0.05, 0) is 43.5 Å². The van der Waals surface area contributed by atoms with Gasteiger partial charge >= 0.3 is 5.97 Å². The summed E-state index contributed by atoms with van der Waals surface area (Å²) in [7, 11) is 0. The van der Waals surface area contributed by atoms with Crippen LogP contribution >= 0.6 is 0 Å².